The predicted molar refractivity (Wildman–Crippen MR) is 118 cm³/mol. The topological polar surface area (TPSA) is 54.0 Å². The third-order valence-corrected chi connectivity index (χ3v) is 5.92. The van der Waals surface area contributed by atoms with Gasteiger partial charge in [0.2, 0.25) is 5.91 Å². The maximum absolute atomic E-state index is 12.5. The van der Waals surface area contributed by atoms with Crippen LogP contribution in [0.3, 0.4) is 0 Å². The Balaban J connectivity index is 0.00000225. The summed E-state index contributed by atoms with van der Waals surface area (Å²) in [7, 11) is 0. The van der Waals surface area contributed by atoms with Gasteiger partial charge >= 0.3 is 0 Å². The molecule has 1 saturated heterocycles. The van der Waals surface area contributed by atoms with E-state index in [9.17, 15) is 4.79 Å². The summed E-state index contributed by atoms with van der Waals surface area (Å²) in [6, 6.07) is 18.5. The van der Waals surface area contributed by atoms with Crippen LogP contribution < -0.4 is 10.6 Å². The molecule has 1 fully saturated rings. The molecule has 2 heterocycles. The molecule has 146 valence electrons. The Morgan fingerprint density at radius 2 is 1.82 bits per heavy atom. The van der Waals surface area contributed by atoms with Gasteiger partial charge in [-0.25, -0.2) is 4.98 Å². The lowest BCUT2D eigenvalue weighted by Crippen LogP contribution is -2.48. The van der Waals surface area contributed by atoms with Gasteiger partial charge in [-0.05, 0) is 6.92 Å². The average Bonchev–Trinajstić information content (AvgIpc) is 3.05. The summed E-state index contributed by atoms with van der Waals surface area (Å²) in [4.78, 5) is 18.4. The molecule has 1 amide bonds. The minimum Gasteiger partial charge on any atom is -0.355 e. The molecule has 0 unspecified atom stereocenters. The molecule has 0 bridgehead atoms. The van der Waals surface area contributed by atoms with Gasteiger partial charge < -0.3 is 10.6 Å². The van der Waals surface area contributed by atoms with Crippen molar-refractivity contribution < 1.29 is 4.79 Å². The summed E-state index contributed by atoms with van der Waals surface area (Å²) in [5, 5.41) is 7.26. The second-order valence-corrected chi connectivity index (χ2v) is 8.11. The summed E-state index contributed by atoms with van der Waals surface area (Å²) in [6.07, 6.45) is 0.369. The summed E-state index contributed by atoms with van der Waals surface area (Å²) in [5.41, 5.74) is 4.28. The van der Waals surface area contributed by atoms with Gasteiger partial charge in [-0.1, -0.05) is 60.2 Å². The van der Waals surface area contributed by atoms with Crippen LogP contribution in [0, 0.1) is 12.8 Å². The molecule has 1 aliphatic heterocycles. The molecule has 0 saturated carbocycles. The standard InChI is InChI=1S/C22H23N3OS.ClH/c1-15-7-9-17(10-8-15)21-19(11-20(26)24-14-16-12-23-13-16)27-22(25-21)18-5-3-2-4-6-18;/h2-10,16,23H,11-14H2,1H3,(H,24,26);1H. The van der Waals surface area contributed by atoms with E-state index < -0.39 is 0 Å². The molecule has 1 aliphatic rings. The first kappa shape index (κ1) is 20.5. The highest BCUT2D eigenvalue weighted by Gasteiger charge is 2.20. The maximum Gasteiger partial charge on any atom is 0.225 e. The van der Waals surface area contributed by atoms with Gasteiger partial charge in [-0.2, -0.15) is 0 Å². The number of rotatable bonds is 6. The zero-order valence-corrected chi connectivity index (χ0v) is 17.4. The monoisotopic (exact) mass is 413 g/mol. The number of aryl methyl sites for hydroxylation is 1. The van der Waals surface area contributed by atoms with Crippen LogP contribution in [-0.4, -0.2) is 30.5 Å². The smallest absolute Gasteiger partial charge is 0.225 e. The van der Waals surface area contributed by atoms with Crippen molar-refractivity contribution in [3.05, 3.63) is 65.0 Å². The highest BCUT2D eigenvalue weighted by atomic mass is 35.5. The Morgan fingerprint density at radius 3 is 2.46 bits per heavy atom. The Labute approximate surface area is 175 Å². The highest BCUT2D eigenvalue weighted by Crippen LogP contribution is 2.34. The number of aromatic nitrogens is 1. The van der Waals surface area contributed by atoms with E-state index in [-0.39, 0.29) is 18.3 Å². The number of amides is 1. The van der Waals surface area contributed by atoms with Crippen molar-refractivity contribution in [1.29, 1.82) is 0 Å². The summed E-state index contributed by atoms with van der Waals surface area (Å²) in [5.74, 6) is 0.630. The van der Waals surface area contributed by atoms with E-state index in [4.69, 9.17) is 4.98 Å². The molecule has 0 aliphatic carbocycles. The fourth-order valence-electron chi connectivity index (χ4n) is 3.07. The molecule has 0 radical (unpaired) electrons. The third kappa shape index (κ3) is 4.79. The average molecular weight is 414 g/mol. The summed E-state index contributed by atoms with van der Waals surface area (Å²) >= 11 is 1.61. The third-order valence-electron chi connectivity index (χ3n) is 4.82. The first-order valence-corrected chi connectivity index (χ1v) is 10.1. The molecule has 0 atom stereocenters. The van der Waals surface area contributed by atoms with Crippen LogP contribution in [0.15, 0.2) is 54.6 Å². The number of thiazole rings is 1. The fourth-order valence-corrected chi connectivity index (χ4v) is 4.16. The maximum atomic E-state index is 12.5. The van der Waals surface area contributed by atoms with Crippen molar-refractivity contribution >= 4 is 29.7 Å². The lowest BCUT2D eigenvalue weighted by atomic mass is 10.0. The van der Waals surface area contributed by atoms with Crippen LogP contribution in [-0.2, 0) is 11.2 Å². The molecule has 1 aromatic heterocycles. The van der Waals surface area contributed by atoms with Crippen LogP contribution in [0.25, 0.3) is 21.8 Å². The molecule has 3 aromatic rings. The lowest BCUT2D eigenvalue weighted by molar-refractivity contribution is -0.120. The zero-order valence-electron chi connectivity index (χ0n) is 15.8. The summed E-state index contributed by atoms with van der Waals surface area (Å²) in [6.45, 7) is 4.81. The molecule has 2 aromatic carbocycles. The predicted octanol–water partition coefficient (Wildman–Crippen LogP) is 4.09. The minimum atomic E-state index is 0. The van der Waals surface area contributed by atoms with Crippen molar-refractivity contribution in [3.8, 4) is 21.8 Å². The zero-order chi connectivity index (χ0) is 18.6. The number of benzene rings is 2. The second-order valence-electron chi connectivity index (χ2n) is 7.03. The van der Waals surface area contributed by atoms with Crippen molar-refractivity contribution in [3.63, 3.8) is 0 Å². The van der Waals surface area contributed by atoms with Crippen LogP contribution in [0.2, 0.25) is 0 Å². The Hall–Kier alpha value is -2.21. The number of carbonyl (C=O) groups is 1. The molecular formula is C22H24ClN3OS. The Kier molecular flexibility index (Phi) is 6.83. The van der Waals surface area contributed by atoms with Gasteiger partial charge in [-0.15, -0.1) is 23.7 Å². The van der Waals surface area contributed by atoms with Crippen molar-refractivity contribution in [1.82, 2.24) is 15.6 Å². The van der Waals surface area contributed by atoms with Crippen LogP contribution in [0.4, 0.5) is 0 Å². The number of halogens is 1. The Bertz CT molecular complexity index is 921. The van der Waals surface area contributed by atoms with Crippen molar-refractivity contribution in [2.45, 2.75) is 13.3 Å². The van der Waals surface area contributed by atoms with E-state index in [1.54, 1.807) is 11.3 Å². The SMILES string of the molecule is Cc1ccc(-c2nc(-c3ccccc3)sc2CC(=O)NCC2CNC2)cc1.Cl. The number of nitrogens with one attached hydrogen (secondary N) is 2. The van der Waals surface area contributed by atoms with Crippen molar-refractivity contribution in [2.24, 2.45) is 5.92 Å². The number of nitrogens with zero attached hydrogens (tertiary/aromatic N) is 1. The first-order valence-electron chi connectivity index (χ1n) is 9.28. The largest absolute Gasteiger partial charge is 0.355 e. The highest BCUT2D eigenvalue weighted by molar-refractivity contribution is 7.15. The minimum absolute atomic E-state index is 0. The van der Waals surface area contributed by atoms with Gasteiger partial charge in [0.15, 0.2) is 0 Å². The fraction of sp³-hybridized carbons (Fsp3) is 0.273. The Morgan fingerprint density at radius 1 is 1.11 bits per heavy atom. The molecule has 4 rings (SSSR count). The lowest BCUT2D eigenvalue weighted by Gasteiger charge is -2.27. The first-order chi connectivity index (χ1) is 13.2. The molecule has 6 heteroatoms. The van der Waals surface area contributed by atoms with Crippen LogP contribution in [0.5, 0.6) is 0 Å². The molecule has 0 spiro atoms. The van der Waals surface area contributed by atoms with Gasteiger partial charge in [0, 0.05) is 41.6 Å². The van der Waals surface area contributed by atoms with E-state index in [0.717, 1.165) is 46.3 Å². The van der Waals surface area contributed by atoms with Gasteiger partial charge in [0.1, 0.15) is 5.01 Å². The number of carbonyl (C=O) groups excluding carboxylic acids is 1. The molecule has 4 nitrogen and oxygen atoms in total. The van der Waals surface area contributed by atoms with E-state index in [2.05, 4.69) is 54.0 Å². The van der Waals surface area contributed by atoms with Crippen LogP contribution in [0.1, 0.15) is 10.4 Å². The van der Waals surface area contributed by atoms with Gasteiger partial charge in [0.05, 0.1) is 12.1 Å². The van der Waals surface area contributed by atoms with Gasteiger partial charge in [0.25, 0.3) is 0 Å². The number of hydrogen-bond donors (Lipinski definition) is 2. The normalized spacial score (nSPS) is 13.5. The van der Waals surface area contributed by atoms with Gasteiger partial charge in [-0.3, -0.25) is 4.79 Å². The quantitative estimate of drug-likeness (QED) is 0.640. The van der Waals surface area contributed by atoms with Crippen molar-refractivity contribution in [2.75, 3.05) is 19.6 Å². The molecule has 2 N–H and O–H groups in total. The second kappa shape index (κ2) is 9.32. The van der Waals surface area contributed by atoms with E-state index in [0.29, 0.717) is 12.3 Å². The van der Waals surface area contributed by atoms with E-state index in [1.165, 1.54) is 5.56 Å². The number of hydrogen-bond acceptors (Lipinski definition) is 4. The van der Waals surface area contributed by atoms with E-state index >= 15 is 0 Å². The summed E-state index contributed by atoms with van der Waals surface area (Å²) < 4.78 is 0. The van der Waals surface area contributed by atoms with Crippen LogP contribution >= 0.6 is 23.7 Å². The van der Waals surface area contributed by atoms with E-state index in [1.807, 2.05) is 18.2 Å². The molecular weight excluding hydrogens is 390 g/mol. The molecule has 28 heavy (non-hydrogen) atoms.